The Morgan fingerprint density at radius 1 is 1.53 bits per heavy atom. The molecule has 0 radical (unpaired) electrons. The summed E-state index contributed by atoms with van der Waals surface area (Å²) in [5.74, 6) is 0.567. The molecule has 3 nitrogen and oxygen atoms in total. The molecule has 1 aromatic heterocycles. The molecule has 1 fully saturated rings. The quantitative estimate of drug-likeness (QED) is 0.815. The van der Waals surface area contributed by atoms with Crippen molar-refractivity contribution in [1.29, 1.82) is 0 Å². The lowest BCUT2D eigenvalue weighted by molar-refractivity contribution is 0.611. The van der Waals surface area contributed by atoms with Crippen LogP contribution >= 0.6 is 0 Å². The summed E-state index contributed by atoms with van der Waals surface area (Å²) >= 11 is 0. The standard InChI is InChI=1S/C11H16FN3/c1-15(2)11-8(5-9(12)7-14-11)6-13-10-3-4-10/h5,7,10,13H,3-4,6H2,1-2H3. The van der Waals surface area contributed by atoms with Gasteiger partial charge in [0.1, 0.15) is 11.6 Å². The maximum Gasteiger partial charge on any atom is 0.141 e. The fraction of sp³-hybridized carbons (Fsp3) is 0.545. The Hall–Kier alpha value is -1.16. The summed E-state index contributed by atoms with van der Waals surface area (Å²) in [6.45, 7) is 0.697. The van der Waals surface area contributed by atoms with Gasteiger partial charge in [0, 0.05) is 32.2 Å². The predicted molar refractivity (Wildman–Crippen MR) is 58.4 cm³/mol. The van der Waals surface area contributed by atoms with Gasteiger partial charge in [-0.25, -0.2) is 9.37 Å². The zero-order valence-electron chi connectivity index (χ0n) is 9.13. The van der Waals surface area contributed by atoms with Crippen LogP contribution in [0.1, 0.15) is 18.4 Å². The number of pyridine rings is 1. The Morgan fingerprint density at radius 3 is 2.87 bits per heavy atom. The lowest BCUT2D eigenvalue weighted by Gasteiger charge is -2.16. The zero-order valence-corrected chi connectivity index (χ0v) is 9.13. The van der Waals surface area contributed by atoms with Crippen LogP contribution in [-0.2, 0) is 6.54 Å². The van der Waals surface area contributed by atoms with Crippen molar-refractivity contribution in [2.45, 2.75) is 25.4 Å². The summed E-state index contributed by atoms with van der Waals surface area (Å²) in [6, 6.07) is 2.18. The Labute approximate surface area is 89.3 Å². The number of halogens is 1. The van der Waals surface area contributed by atoms with Gasteiger partial charge >= 0.3 is 0 Å². The molecule has 0 amide bonds. The highest BCUT2D eigenvalue weighted by atomic mass is 19.1. The molecule has 0 aromatic carbocycles. The van der Waals surface area contributed by atoms with Crippen LogP contribution in [0.5, 0.6) is 0 Å². The van der Waals surface area contributed by atoms with Gasteiger partial charge in [-0.15, -0.1) is 0 Å². The van der Waals surface area contributed by atoms with Crippen LogP contribution in [0.2, 0.25) is 0 Å². The summed E-state index contributed by atoms with van der Waals surface area (Å²) in [5, 5.41) is 3.36. The molecule has 1 aliphatic carbocycles. The molecule has 2 rings (SSSR count). The fourth-order valence-electron chi connectivity index (χ4n) is 1.55. The van der Waals surface area contributed by atoms with Crippen LogP contribution in [-0.4, -0.2) is 25.1 Å². The van der Waals surface area contributed by atoms with E-state index < -0.39 is 0 Å². The summed E-state index contributed by atoms with van der Waals surface area (Å²) in [4.78, 5) is 5.99. The first-order chi connectivity index (χ1) is 7.16. The fourth-order valence-corrected chi connectivity index (χ4v) is 1.55. The maximum atomic E-state index is 13.0. The van der Waals surface area contributed by atoms with Crippen molar-refractivity contribution < 1.29 is 4.39 Å². The van der Waals surface area contributed by atoms with E-state index in [4.69, 9.17) is 0 Å². The molecule has 1 aliphatic rings. The molecule has 15 heavy (non-hydrogen) atoms. The minimum absolute atomic E-state index is 0.270. The second kappa shape index (κ2) is 4.14. The van der Waals surface area contributed by atoms with E-state index in [1.165, 1.54) is 19.0 Å². The smallest absolute Gasteiger partial charge is 0.141 e. The highest BCUT2D eigenvalue weighted by Crippen LogP contribution is 2.21. The van der Waals surface area contributed by atoms with Crippen LogP contribution < -0.4 is 10.2 Å². The molecule has 1 heterocycles. The van der Waals surface area contributed by atoms with Crippen molar-refractivity contribution >= 4 is 5.82 Å². The van der Waals surface area contributed by atoms with Gasteiger partial charge in [-0.2, -0.15) is 0 Å². The third kappa shape index (κ3) is 2.65. The highest BCUT2D eigenvalue weighted by molar-refractivity contribution is 5.45. The van der Waals surface area contributed by atoms with E-state index in [0.717, 1.165) is 11.4 Å². The van der Waals surface area contributed by atoms with Gasteiger partial charge in [0.25, 0.3) is 0 Å². The van der Waals surface area contributed by atoms with Crippen molar-refractivity contribution in [3.05, 3.63) is 23.6 Å². The molecule has 1 saturated carbocycles. The van der Waals surface area contributed by atoms with Gasteiger partial charge in [-0.05, 0) is 18.9 Å². The van der Waals surface area contributed by atoms with Gasteiger partial charge < -0.3 is 10.2 Å². The second-order valence-corrected chi connectivity index (χ2v) is 4.19. The van der Waals surface area contributed by atoms with Crippen molar-refractivity contribution in [3.8, 4) is 0 Å². The number of hydrogen-bond acceptors (Lipinski definition) is 3. The van der Waals surface area contributed by atoms with Crippen molar-refractivity contribution in [2.24, 2.45) is 0 Å². The van der Waals surface area contributed by atoms with Crippen molar-refractivity contribution in [1.82, 2.24) is 10.3 Å². The molecule has 4 heteroatoms. The average Bonchev–Trinajstić information content (AvgIpc) is 2.97. The first-order valence-corrected chi connectivity index (χ1v) is 5.22. The van der Waals surface area contributed by atoms with E-state index in [9.17, 15) is 4.39 Å². The summed E-state index contributed by atoms with van der Waals surface area (Å²) in [7, 11) is 3.84. The number of hydrogen-bond donors (Lipinski definition) is 1. The largest absolute Gasteiger partial charge is 0.362 e. The average molecular weight is 209 g/mol. The van der Waals surface area contributed by atoms with Gasteiger partial charge in [0.15, 0.2) is 0 Å². The van der Waals surface area contributed by atoms with Gasteiger partial charge in [-0.3, -0.25) is 0 Å². The van der Waals surface area contributed by atoms with Crippen molar-refractivity contribution in [3.63, 3.8) is 0 Å². The molecule has 1 aromatic rings. The number of aromatic nitrogens is 1. The van der Waals surface area contributed by atoms with Gasteiger partial charge in [-0.1, -0.05) is 0 Å². The first kappa shape index (κ1) is 10.4. The Kier molecular flexibility index (Phi) is 2.86. The third-order valence-corrected chi connectivity index (χ3v) is 2.49. The minimum atomic E-state index is -0.270. The zero-order chi connectivity index (χ0) is 10.8. The molecule has 0 bridgehead atoms. The van der Waals surface area contributed by atoms with E-state index in [-0.39, 0.29) is 5.82 Å². The highest BCUT2D eigenvalue weighted by Gasteiger charge is 2.20. The third-order valence-electron chi connectivity index (χ3n) is 2.49. The lowest BCUT2D eigenvalue weighted by atomic mass is 10.2. The number of rotatable bonds is 4. The van der Waals surface area contributed by atoms with Gasteiger partial charge in [0.05, 0.1) is 6.20 Å². The monoisotopic (exact) mass is 209 g/mol. The first-order valence-electron chi connectivity index (χ1n) is 5.22. The topological polar surface area (TPSA) is 28.2 Å². The Bertz CT molecular complexity index is 348. The van der Waals surface area contributed by atoms with Crippen molar-refractivity contribution in [2.75, 3.05) is 19.0 Å². The predicted octanol–water partition coefficient (Wildman–Crippen LogP) is 1.54. The minimum Gasteiger partial charge on any atom is -0.362 e. The normalized spacial score (nSPS) is 15.4. The summed E-state index contributed by atoms with van der Waals surface area (Å²) in [6.07, 6.45) is 3.73. The molecule has 0 saturated heterocycles. The van der Waals surface area contributed by atoms with Crippen LogP contribution in [0, 0.1) is 5.82 Å². The molecule has 0 aliphatic heterocycles. The van der Waals surface area contributed by atoms with Crippen LogP contribution in [0.4, 0.5) is 10.2 Å². The molecular formula is C11H16FN3. The number of nitrogens with one attached hydrogen (secondary N) is 1. The van der Waals surface area contributed by atoms with Crippen LogP contribution in [0.3, 0.4) is 0 Å². The summed E-state index contributed by atoms with van der Waals surface area (Å²) < 4.78 is 13.0. The lowest BCUT2D eigenvalue weighted by Crippen LogP contribution is -2.20. The number of anilines is 1. The molecular weight excluding hydrogens is 193 g/mol. The van der Waals surface area contributed by atoms with E-state index in [0.29, 0.717) is 12.6 Å². The molecule has 0 atom stereocenters. The van der Waals surface area contributed by atoms with Crippen LogP contribution in [0.15, 0.2) is 12.3 Å². The van der Waals surface area contributed by atoms with E-state index >= 15 is 0 Å². The SMILES string of the molecule is CN(C)c1ncc(F)cc1CNC1CC1. The van der Waals surface area contributed by atoms with E-state index in [1.807, 2.05) is 19.0 Å². The molecule has 1 N–H and O–H groups in total. The molecule has 82 valence electrons. The molecule has 0 unspecified atom stereocenters. The Morgan fingerprint density at radius 2 is 2.27 bits per heavy atom. The van der Waals surface area contributed by atoms with E-state index in [2.05, 4.69) is 10.3 Å². The van der Waals surface area contributed by atoms with Crippen LogP contribution in [0.25, 0.3) is 0 Å². The number of nitrogens with zero attached hydrogens (tertiary/aromatic N) is 2. The summed E-state index contributed by atoms with van der Waals surface area (Å²) in [5.41, 5.74) is 0.923. The Balaban J connectivity index is 2.13. The molecule has 0 spiro atoms. The van der Waals surface area contributed by atoms with E-state index in [1.54, 1.807) is 6.07 Å². The van der Waals surface area contributed by atoms with Gasteiger partial charge in [0.2, 0.25) is 0 Å². The second-order valence-electron chi connectivity index (χ2n) is 4.19. The maximum absolute atomic E-state index is 13.0.